The number of aromatic carboxylic acids is 1. The predicted octanol–water partition coefficient (Wildman–Crippen LogP) is 3.55. The molecular formula is C13H13BrN2O2S. The third-order valence-corrected chi connectivity index (χ3v) is 4.39. The van der Waals surface area contributed by atoms with E-state index in [0.29, 0.717) is 5.69 Å². The van der Waals surface area contributed by atoms with E-state index in [4.69, 9.17) is 5.11 Å². The molecule has 0 radical (unpaired) electrons. The van der Waals surface area contributed by atoms with Crippen molar-refractivity contribution in [2.24, 2.45) is 0 Å². The molecule has 2 rings (SSSR count). The average molecular weight is 341 g/mol. The first-order valence-electron chi connectivity index (χ1n) is 5.62. The van der Waals surface area contributed by atoms with Crippen molar-refractivity contribution in [2.45, 2.75) is 13.5 Å². The number of aromatic nitrogens is 1. The first-order chi connectivity index (χ1) is 8.97. The summed E-state index contributed by atoms with van der Waals surface area (Å²) in [4.78, 5) is 18.5. The number of nitrogens with zero attached hydrogens (tertiary/aromatic N) is 2. The molecule has 0 aliphatic carbocycles. The molecule has 1 N–H and O–H groups in total. The lowest BCUT2D eigenvalue weighted by atomic mass is 10.2. The number of carboxylic acids is 1. The van der Waals surface area contributed by atoms with Crippen molar-refractivity contribution in [1.29, 1.82) is 0 Å². The van der Waals surface area contributed by atoms with Crippen LogP contribution in [0.5, 0.6) is 0 Å². The minimum atomic E-state index is -0.943. The van der Waals surface area contributed by atoms with Crippen LogP contribution < -0.4 is 4.90 Å². The fourth-order valence-corrected chi connectivity index (χ4v) is 3.24. The van der Waals surface area contributed by atoms with Crippen LogP contribution in [0.1, 0.15) is 20.9 Å². The van der Waals surface area contributed by atoms with Crippen molar-refractivity contribution < 1.29 is 9.90 Å². The number of anilines is 1. The minimum absolute atomic E-state index is 0.246. The van der Waals surface area contributed by atoms with Crippen molar-refractivity contribution >= 4 is 39.1 Å². The zero-order chi connectivity index (χ0) is 14.0. The summed E-state index contributed by atoms with van der Waals surface area (Å²) in [5, 5.41) is 11.0. The highest BCUT2D eigenvalue weighted by Crippen LogP contribution is 2.23. The summed E-state index contributed by atoms with van der Waals surface area (Å²) in [5.74, 6) is -0.173. The third kappa shape index (κ3) is 3.33. The quantitative estimate of drug-likeness (QED) is 0.924. The normalized spacial score (nSPS) is 10.5. The van der Waals surface area contributed by atoms with E-state index in [2.05, 4.69) is 27.0 Å². The smallest absolute Gasteiger partial charge is 0.337 e. The van der Waals surface area contributed by atoms with Gasteiger partial charge in [-0.25, -0.2) is 9.78 Å². The molecule has 4 nitrogen and oxygen atoms in total. The second-order valence-corrected chi connectivity index (χ2v) is 6.11. The minimum Gasteiger partial charge on any atom is -0.478 e. The molecule has 0 atom stereocenters. The van der Waals surface area contributed by atoms with Crippen LogP contribution in [-0.4, -0.2) is 23.1 Å². The maximum Gasteiger partial charge on any atom is 0.337 e. The van der Waals surface area contributed by atoms with Crippen LogP contribution in [0.3, 0.4) is 0 Å². The molecule has 2 aromatic heterocycles. The fourth-order valence-electron chi connectivity index (χ4n) is 1.74. The first kappa shape index (κ1) is 14.0. The molecule has 0 unspecified atom stereocenters. The second kappa shape index (κ2) is 5.71. The molecule has 0 aromatic carbocycles. The number of carboxylic acid groups (broad SMARTS) is 1. The molecule has 19 heavy (non-hydrogen) atoms. The summed E-state index contributed by atoms with van der Waals surface area (Å²) in [6.45, 7) is 2.46. The molecule has 0 bridgehead atoms. The Morgan fingerprint density at radius 1 is 1.53 bits per heavy atom. The monoisotopic (exact) mass is 340 g/mol. The zero-order valence-electron chi connectivity index (χ0n) is 10.6. The highest BCUT2D eigenvalue weighted by Gasteiger charge is 2.11. The van der Waals surface area contributed by atoms with Gasteiger partial charge in [0.2, 0.25) is 0 Å². The van der Waals surface area contributed by atoms with E-state index in [-0.39, 0.29) is 5.56 Å². The van der Waals surface area contributed by atoms with Gasteiger partial charge >= 0.3 is 5.97 Å². The lowest BCUT2D eigenvalue weighted by molar-refractivity contribution is 0.0695. The van der Waals surface area contributed by atoms with Crippen LogP contribution >= 0.6 is 27.3 Å². The molecule has 100 valence electrons. The number of rotatable bonds is 4. The van der Waals surface area contributed by atoms with E-state index < -0.39 is 5.97 Å². The van der Waals surface area contributed by atoms with Crippen LogP contribution in [0.4, 0.5) is 5.82 Å². The molecule has 6 heteroatoms. The van der Waals surface area contributed by atoms with Gasteiger partial charge in [-0.15, -0.1) is 11.3 Å². The van der Waals surface area contributed by atoms with Gasteiger partial charge in [-0.05, 0) is 41.1 Å². The zero-order valence-corrected chi connectivity index (χ0v) is 13.0. The molecule has 0 fully saturated rings. The second-order valence-electron chi connectivity index (χ2n) is 4.19. The SMILES string of the molecule is Cc1nc(N(C)Cc2cc(Br)cs2)ccc1C(=O)O. The van der Waals surface area contributed by atoms with E-state index in [1.54, 1.807) is 30.4 Å². The van der Waals surface area contributed by atoms with Gasteiger partial charge in [0, 0.05) is 21.8 Å². The van der Waals surface area contributed by atoms with Gasteiger partial charge in [-0.2, -0.15) is 0 Å². The lowest BCUT2D eigenvalue weighted by Crippen LogP contribution is -2.18. The van der Waals surface area contributed by atoms with Gasteiger partial charge in [0.15, 0.2) is 0 Å². The Bertz CT molecular complexity index is 612. The number of hydrogen-bond donors (Lipinski definition) is 1. The number of carbonyl (C=O) groups is 1. The Labute approximate surface area is 123 Å². The van der Waals surface area contributed by atoms with Crippen molar-refractivity contribution in [2.75, 3.05) is 11.9 Å². The Morgan fingerprint density at radius 3 is 2.79 bits per heavy atom. The summed E-state index contributed by atoms with van der Waals surface area (Å²) >= 11 is 5.10. The predicted molar refractivity (Wildman–Crippen MR) is 80.1 cm³/mol. The van der Waals surface area contributed by atoms with Crippen LogP contribution in [0.25, 0.3) is 0 Å². The third-order valence-electron chi connectivity index (χ3n) is 2.71. The van der Waals surface area contributed by atoms with Crippen molar-refractivity contribution in [1.82, 2.24) is 4.98 Å². The van der Waals surface area contributed by atoms with Crippen LogP contribution in [0, 0.1) is 6.92 Å². The number of thiophene rings is 1. The topological polar surface area (TPSA) is 53.4 Å². The number of pyridine rings is 1. The first-order valence-corrected chi connectivity index (χ1v) is 7.29. The molecule has 2 heterocycles. The van der Waals surface area contributed by atoms with Crippen molar-refractivity contribution in [3.05, 3.63) is 44.2 Å². The molecule has 0 saturated carbocycles. The number of aryl methyl sites for hydroxylation is 1. The highest BCUT2D eigenvalue weighted by molar-refractivity contribution is 9.10. The molecule has 0 aliphatic rings. The summed E-state index contributed by atoms with van der Waals surface area (Å²) in [7, 11) is 1.94. The Hall–Kier alpha value is -1.40. The van der Waals surface area contributed by atoms with Gasteiger partial charge in [0.1, 0.15) is 5.82 Å². The number of halogens is 1. The van der Waals surface area contributed by atoms with E-state index in [9.17, 15) is 4.79 Å². The van der Waals surface area contributed by atoms with Gasteiger partial charge in [0.05, 0.1) is 17.8 Å². The maximum atomic E-state index is 10.9. The molecule has 2 aromatic rings. The van der Waals surface area contributed by atoms with Crippen molar-refractivity contribution in [3.63, 3.8) is 0 Å². The van der Waals surface area contributed by atoms with Crippen molar-refractivity contribution in [3.8, 4) is 0 Å². The van der Waals surface area contributed by atoms with Gasteiger partial charge in [-0.1, -0.05) is 0 Å². The summed E-state index contributed by atoms with van der Waals surface area (Å²) in [6, 6.07) is 5.40. The summed E-state index contributed by atoms with van der Waals surface area (Å²) < 4.78 is 1.08. The molecule has 0 spiro atoms. The van der Waals surface area contributed by atoms with E-state index in [0.717, 1.165) is 16.8 Å². The Morgan fingerprint density at radius 2 is 2.26 bits per heavy atom. The number of hydrogen-bond acceptors (Lipinski definition) is 4. The lowest BCUT2D eigenvalue weighted by Gasteiger charge is -2.18. The molecule has 0 aliphatic heterocycles. The van der Waals surface area contributed by atoms with Gasteiger partial charge in [-0.3, -0.25) is 0 Å². The largest absolute Gasteiger partial charge is 0.478 e. The molecule has 0 amide bonds. The molecular weight excluding hydrogens is 328 g/mol. The Balaban J connectivity index is 2.17. The summed E-state index contributed by atoms with van der Waals surface area (Å²) in [5.41, 5.74) is 0.778. The van der Waals surface area contributed by atoms with Gasteiger partial charge < -0.3 is 10.0 Å². The van der Waals surface area contributed by atoms with E-state index in [1.165, 1.54) is 4.88 Å². The van der Waals surface area contributed by atoms with E-state index >= 15 is 0 Å². The standard InChI is InChI=1S/C13H13BrN2O2S/c1-8-11(13(17)18)3-4-12(15-8)16(2)6-10-5-9(14)7-19-10/h3-5,7H,6H2,1-2H3,(H,17,18). The fraction of sp³-hybridized carbons (Fsp3) is 0.231. The van der Waals surface area contributed by atoms with Crippen LogP contribution in [0.2, 0.25) is 0 Å². The Kier molecular flexibility index (Phi) is 4.21. The molecule has 0 saturated heterocycles. The summed E-state index contributed by atoms with van der Waals surface area (Å²) in [6.07, 6.45) is 0. The maximum absolute atomic E-state index is 10.9. The van der Waals surface area contributed by atoms with Gasteiger partial charge in [0.25, 0.3) is 0 Å². The van der Waals surface area contributed by atoms with Crippen LogP contribution in [0.15, 0.2) is 28.1 Å². The average Bonchev–Trinajstić information content (AvgIpc) is 2.74. The van der Waals surface area contributed by atoms with Crippen LogP contribution in [-0.2, 0) is 6.54 Å². The highest BCUT2D eigenvalue weighted by atomic mass is 79.9. The van der Waals surface area contributed by atoms with E-state index in [1.807, 2.05) is 17.3 Å².